The summed E-state index contributed by atoms with van der Waals surface area (Å²) in [6, 6.07) is 16.5. The van der Waals surface area contributed by atoms with Crippen molar-refractivity contribution in [2.75, 3.05) is 5.32 Å². The molecule has 1 atom stereocenters. The van der Waals surface area contributed by atoms with E-state index in [0.717, 1.165) is 11.3 Å². The van der Waals surface area contributed by atoms with E-state index < -0.39 is 0 Å². The van der Waals surface area contributed by atoms with Gasteiger partial charge in [-0.15, -0.1) is 5.10 Å². The summed E-state index contributed by atoms with van der Waals surface area (Å²) >= 11 is 0. The molecule has 1 heterocycles. The summed E-state index contributed by atoms with van der Waals surface area (Å²) in [4.78, 5) is 23.6. The van der Waals surface area contributed by atoms with Gasteiger partial charge in [0.1, 0.15) is 5.69 Å². The first-order valence-electron chi connectivity index (χ1n) is 8.84. The van der Waals surface area contributed by atoms with Gasteiger partial charge in [0.15, 0.2) is 0 Å². The molecule has 0 saturated heterocycles. The van der Waals surface area contributed by atoms with Crippen molar-refractivity contribution in [3.05, 3.63) is 84.7 Å². The van der Waals surface area contributed by atoms with E-state index in [0.29, 0.717) is 11.4 Å². The van der Waals surface area contributed by atoms with Gasteiger partial charge >= 0.3 is 0 Å². The number of anilines is 1. The van der Waals surface area contributed by atoms with Gasteiger partial charge in [-0.2, -0.15) is 0 Å². The highest BCUT2D eigenvalue weighted by atomic mass is 16.2. The van der Waals surface area contributed by atoms with Crippen LogP contribution in [0.5, 0.6) is 0 Å². The molecule has 0 radical (unpaired) electrons. The van der Waals surface area contributed by atoms with E-state index >= 15 is 0 Å². The average molecular weight is 375 g/mol. The number of rotatable bonds is 7. The normalized spacial score (nSPS) is 11.5. The number of carbonyl (C=O) groups excluding carboxylic acids is 2. The maximum absolute atomic E-state index is 12.3. The Hall–Kier alpha value is -3.74. The molecule has 0 aliphatic rings. The van der Waals surface area contributed by atoms with Gasteiger partial charge in [-0.3, -0.25) is 9.59 Å². The van der Waals surface area contributed by atoms with Crippen LogP contribution in [0.3, 0.4) is 0 Å². The third-order valence-corrected chi connectivity index (χ3v) is 4.12. The molecule has 0 spiro atoms. The van der Waals surface area contributed by atoms with Crippen molar-refractivity contribution in [2.24, 2.45) is 0 Å². The molecule has 3 rings (SSSR count). The van der Waals surface area contributed by atoms with Gasteiger partial charge < -0.3 is 10.6 Å². The maximum Gasteiger partial charge on any atom is 0.247 e. The minimum absolute atomic E-state index is 0.121. The van der Waals surface area contributed by atoms with Gasteiger partial charge in [0.05, 0.1) is 24.3 Å². The van der Waals surface area contributed by atoms with Crippen LogP contribution in [0.2, 0.25) is 0 Å². The van der Waals surface area contributed by atoms with E-state index in [1.165, 1.54) is 6.08 Å². The number of nitrogens with zero attached hydrogens (tertiary/aromatic N) is 3. The second-order valence-corrected chi connectivity index (χ2v) is 6.28. The largest absolute Gasteiger partial charge is 0.348 e. The van der Waals surface area contributed by atoms with Crippen molar-refractivity contribution in [1.29, 1.82) is 0 Å². The number of hydrogen-bond acceptors (Lipinski definition) is 4. The quantitative estimate of drug-likeness (QED) is 0.622. The van der Waals surface area contributed by atoms with Crippen molar-refractivity contribution in [2.45, 2.75) is 19.4 Å². The lowest BCUT2D eigenvalue weighted by Gasteiger charge is -2.11. The molecule has 142 valence electrons. The average Bonchev–Trinajstić information content (AvgIpc) is 3.20. The Kier molecular flexibility index (Phi) is 5.96. The smallest absolute Gasteiger partial charge is 0.247 e. The summed E-state index contributed by atoms with van der Waals surface area (Å²) in [6.07, 6.45) is 3.24. The molecule has 0 fully saturated rings. The Balaban J connectivity index is 1.56. The predicted molar refractivity (Wildman–Crippen MR) is 107 cm³/mol. The topological polar surface area (TPSA) is 88.9 Å². The number of nitrogens with one attached hydrogen (secondary N) is 2. The molecule has 3 aromatic rings. The van der Waals surface area contributed by atoms with Crippen LogP contribution in [0.4, 0.5) is 5.69 Å². The fourth-order valence-electron chi connectivity index (χ4n) is 2.63. The fourth-order valence-corrected chi connectivity index (χ4v) is 2.63. The minimum atomic E-state index is -0.275. The van der Waals surface area contributed by atoms with E-state index in [9.17, 15) is 9.59 Å². The summed E-state index contributed by atoms with van der Waals surface area (Å²) in [6.45, 7) is 5.28. The summed E-state index contributed by atoms with van der Waals surface area (Å²) in [5, 5.41) is 13.9. The Morgan fingerprint density at radius 1 is 1.14 bits per heavy atom. The fraction of sp³-hybridized carbons (Fsp3) is 0.143. The summed E-state index contributed by atoms with van der Waals surface area (Å²) in [7, 11) is 0. The van der Waals surface area contributed by atoms with E-state index in [-0.39, 0.29) is 24.3 Å². The number of carbonyl (C=O) groups is 2. The van der Waals surface area contributed by atoms with Gasteiger partial charge in [0, 0.05) is 5.69 Å². The third kappa shape index (κ3) is 4.91. The summed E-state index contributed by atoms with van der Waals surface area (Å²) in [5.41, 5.74) is 3.08. The molecule has 1 unspecified atom stereocenters. The molecule has 0 aliphatic carbocycles. The maximum atomic E-state index is 12.3. The lowest BCUT2D eigenvalue weighted by atomic mass is 10.1. The zero-order valence-corrected chi connectivity index (χ0v) is 15.5. The number of aromatic nitrogens is 3. The lowest BCUT2D eigenvalue weighted by molar-refractivity contribution is -0.121. The first-order chi connectivity index (χ1) is 13.5. The van der Waals surface area contributed by atoms with Crippen LogP contribution < -0.4 is 10.6 Å². The number of amides is 2. The van der Waals surface area contributed by atoms with Crippen LogP contribution >= 0.6 is 0 Å². The van der Waals surface area contributed by atoms with Crippen LogP contribution in [-0.2, 0) is 16.0 Å². The number of benzene rings is 2. The van der Waals surface area contributed by atoms with E-state index in [4.69, 9.17) is 0 Å². The molecular formula is C21H21N5O2. The van der Waals surface area contributed by atoms with E-state index in [1.807, 2.05) is 37.3 Å². The highest BCUT2D eigenvalue weighted by molar-refractivity contribution is 5.98. The lowest BCUT2D eigenvalue weighted by Crippen LogP contribution is -2.28. The van der Waals surface area contributed by atoms with Crippen LogP contribution in [0.1, 0.15) is 24.2 Å². The zero-order valence-electron chi connectivity index (χ0n) is 15.5. The van der Waals surface area contributed by atoms with Gasteiger partial charge in [0.25, 0.3) is 0 Å². The van der Waals surface area contributed by atoms with Crippen molar-refractivity contribution in [3.63, 3.8) is 0 Å². The Bertz CT molecular complexity index is 964. The molecule has 1 aromatic heterocycles. The van der Waals surface area contributed by atoms with Crippen LogP contribution in [0.15, 0.2) is 73.4 Å². The molecule has 0 bridgehead atoms. The molecule has 7 nitrogen and oxygen atoms in total. The van der Waals surface area contributed by atoms with E-state index in [2.05, 4.69) is 27.5 Å². The molecule has 0 aliphatic heterocycles. The van der Waals surface area contributed by atoms with Crippen molar-refractivity contribution in [1.82, 2.24) is 20.3 Å². The van der Waals surface area contributed by atoms with Crippen LogP contribution in [0, 0.1) is 0 Å². The summed E-state index contributed by atoms with van der Waals surface area (Å²) in [5.74, 6) is -0.396. The second kappa shape index (κ2) is 8.77. The molecule has 2 aromatic carbocycles. The third-order valence-electron chi connectivity index (χ3n) is 4.12. The van der Waals surface area contributed by atoms with Crippen LogP contribution in [0.25, 0.3) is 5.69 Å². The first-order valence-corrected chi connectivity index (χ1v) is 8.84. The SMILES string of the molecule is C=CC(=O)Nc1ccc(CC(=O)NC(C)c2cn(-c3ccccc3)nn2)cc1. The van der Waals surface area contributed by atoms with Crippen molar-refractivity contribution < 1.29 is 9.59 Å². The first kappa shape index (κ1) is 19.0. The second-order valence-electron chi connectivity index (χ2n) is 6.28. The van der Waals surface area contributed by atoms with Gasteiger partial charge in [-0.1, -0.05) is 42.1 Å². The van der Waals surface area contributed by atoms with Crippen LogP contribution in [-0.4, -0.2) is 26.8 Å². The Labute approximate surface area is 163 Å². The van der Waals surface area contributed by atoms with Gasteiger partial charge in [-0.25, -0.2) is 4.68 Å². The highest BCUT2D eigenvalue weighted by Gasteiger charge is 2.14. The minimum Gasteiger partial charge on any atom is -0.348 e. The Morgan fingerprint density at radius 3 is 2.54 bits per heavy atom. The zero-order chi connectivity index (χ0) is 19.9. The predicted octanol–water partition coefficient (Wildman–Crippen LogP) is 2.81. The summed E-state index contributed by atoms with van der Waals surface area (Å²) < 4.78 is 1.67. The highest BCUT2D eigenvalue weighted by Crippen LogP contribution is 2.13. The molecule has 2 N–H and O–H groups in total. The standard InChI is InChI=1S/C21H21N5O2/c1-3-20(27)23-17-11-9-16(10-12-17)13-21(28)22-15(2)19-14-26(25-24-19)18-7-5-4-6-8-18/h3-12,14-15H,1,13H2,2H3,(H,22,28)(H,23,27). The molecule has 2 amide bonds. The molecule has 28 heavy (non-hydrogen) atoms. The number of para-hydroxylation sites is 1. The van der Waals surface area contributed by atoms with Gasteiger partial charge in [0.2, 0.25) is 11.8 Å². The molecule has 0 saturated carbocycles. The van der Waals surface area contributed by atoms with E-state index in [1.54, 1.807) is 35.1 Å². The van der Waals surface area contributed by atoms with Gasteiger partial charge in [-0.05, 0) is 42.8 Å². The monoisotopic (exact) mass is 375 g/mol. The molecular weight excluding hydrogens is 354 g/mol. The van der Waals surface area contributed by atoms with Crippen molar-refractivity contribution >= 4 is 17.5 Å². The van der Waals surface area contributed by atoms with Crippen molar-refractivity contribution in [3.8, 4) is 5.69 Å². The molecule has 7 heteroatoms. The number of hydrogen-bond donors (Lipinski definition) is 2. The Morgan fingerprint density at radius 2 is 1.86 bits per heavy atom.